The topological polar surface area (TPSA) is 131 Å². The molecule has 1 heterocycles. The molecule has 88 valence electrons. The number of nitrogens with zero attached hydrogens (tertiary/aromatic N) is 1. The number of hydrogen-bond donors (Lipinski definition) is 6. The van der Waals surface area contributed by atoms with Gasteiger partial charge >= 0.3 is 0 Å². The molecule has 1 saturated heterocycles. The molecule has 0 saturated carbocycles. The van der Waals surface area contributed by atoms with Gasteiger partial charge in [-0.3, -0.25) is 4.99 Å². The SMILES string of the molecule is NCCN=C1N[C@H](CO)[C@@H](O)[C@H](O)[C@@H]1O. The monoisotopic (exact) mass is 219 g/mol. The van der Waals surface area contributed by atoms with Gasteiger partial charge in [-0.2, -0.15) is 0 Å². The Bertz CT molecular complexity index is 234. The third kappa shape index (κ3) is 2.64. The lowest BCUT2D eigenvalue weighted by molar-refractivity contribution is -0.0680. The predicted octanol–water partition coefficient (Wildman–Crippen LogP) is -3.61. The molecule has 1 fully saturated rings. The molecule has 0 aromatic rings. The quantitative estimate of drug-likeness (QED) is 0.290. The van der Waals surface area contributed by atoms with Gasteiger partial charge < -0.3 is 31.5 Å². The Labute approximate surface area is 87.3 Å². The van der Waals surface area contributed by atoms with Gasteiger partial charge in [-0.15, -0.1) is 0 Å². The minimum atomic E-state index is -1.35. The smallest absolute Gasteiger partial charge is 0.139 e. The van der Waals surface area contributed by atoms with Gasteiger partial charge in [0.2, 0.25) is 0 Å². The first-order chi connectivity index (χ1) is 7.11. The second-order valence-electron chi connectivity index (χ2n) is 3.42. The van der Waals surface area contributed by atoms with Crippen molar-refractivity contribution >= 4 is 5.84 Å². The van der Waals surface area contributed by atoms with Crippen LogP contribution in [0.3, 0.4) is 0 Å². The van der Waals surface area contributed by atoms with Crippen LogP contribution in [0, 0.1) is 0 Å². The molecule has 1 rings (SSSR count). The number of hydrogen-bond acceptors (Lipinski definition) is 6. The maximum atomic E-state index is 9.52. The zero-order chi connectivity index (χ0) is 11.4. The second-order valence-corrected chi connectivity index (χ2v) is 3.42. The summed E-state index contributed by atoms with van der Waals surface area (Å²) in [6, 6.07) is -0.722. The molecule has 15 heavy (non-hydrogen) atoms. The van der Waals surface area contributed by atoms with Crippen LogP contribution >= 0.6 is 0 Å². The van der Waals surface area contributed by atoms with Crippen LogP contribution in [-0.2, 0) is 0 Å². The molecule has 4 atom stereocenters. The van der Waals surface area contributed by atoms with E-state index in [-0.39, 0.29) is 12.4 Å². The van der Waals surface area contributed by atoms with Crippen LogP contribution in [0.1, 0.15) is 0 Å². The van der Waals surface area contributed by atoms with Crippen LogP contribution in [0.2, 0.25) is 0 Å². The van der Waals surface area contributed by atoms with E-state index in [2.05, 4.69) is 10.3 Å². The summed E-state index contributed by atoms with van der Waals surface area (Å²) in [6.07, 6.45) is -3.84. The average Bonchev–Trinajstić information content (AvgIpc) is 2.25. The minimum absolute atomic E-state index is 0.150. The highest BCUT2D eigenvalue weighted by Crippen LogP contribution is 2.12. The van der Waals surface area contributed by atoms with E-state index in [0.29, 0.717) is 13.1 Å². The summed E-state index contributed by atoms with van der Waals surface area (Å²) in [4.78, 5) is 3.91. The Morgan fingerprint density at radius 2 is 1.93 bits per heavy atom. The van der Waals surface area contributed by atoms with E-state index in [4.69, 9.17) is 10.8 Å². The van der Waals surface area contributed by atoms with E-state index < -0.39 is 24.4 Å². The molecule has 0 unspecified atom stereocenters. The Morgan fingerprint density at radius 3 is 2.47 bits per heavy atom. The second kappa shape index (κ2) is 5.38. The molecule has 0 amide bonds. The van der Waals surface area contributed by atoms with Gasteiger partial charge in [0.15, 0.2) is 0 Å². The zero-order valence-corrected chi connectivity index (χ0v) is 8.24. The van der Waals surface area contributed by atoms with Gasteiger partial charge in [0.25, 0.3) is 0 Å². The van der Waals surface area contributed by atoms with Crippen molar-refractivity contribution in [2.45, 2.75) is 24.4 Å². The highest BCUT2D eigenvalue weighted by Gasteiger charge is 2.39. The number of aliphatic hydroxyl groups is 4. The Morgan fingerprint density at radius 1 is 1.27 bits per heavy atom. The highest BCUT2D eigenvalue weighted by atomic mass is 16.4. The van der Waals surface area contributed by atoms with E-state index >= 15 is 0 Å². The summed E-state index contributed by atoms with van der Waals surface area (Å²) in [7, 11) is 0. The molecule has 7 N–H and O–H groups in total. The molecule has 1 aliphatic heterocycles. The van der Waals surface area contributed by atoms with Gasteiger partial charge in [0.1, 0.15) is 24.1 Å². The van der Waals surface area contributed by atoms with Crippen LogP contribution in [0.15, 0.2) is 4.99 Å². The standard InChI is InChI=1S/C8H17N3O4/c9-1-2-10-8-7(15)6(14)5(13)4(3-12)11-8/h4-7,12-15H,1-3,9H2,(H,10,11)/t4-,5-,6+,7+/m1/s1. The summed E-state index contributed by atoms with van der Waals surface area (Å²) < 4.78 is 0. The normalized spacial score (nSPS) is 39.1. The van der Waals surface area contributed by atoms with Crippen molar-refractivity contribution in [3.05, 3.63) is 0 Å². The largest absolute Gasteiger partial charge is 0.394 e. The highest BCUT2D eigenvalue weighted by molar-refractivity contribution is 5.88. The number of nitrogens with one attached hydrogen (secondary N) is 1. The van der Waals surface area contributed by atoms with Crippen molar-refractivity contribution in [3.63, 3.8) is 0 Å². The molecule has 1 aliphatic rings. The van der Waals surface area contributed by atoms with Crippen LogP contribution in [0.4, 0.5) is 0 Å². The van der Waals surface area contributed by atoms with Crippen LogP contribution in [0.5, 0.6) is 0 Å². The Balaban J connectivity index is 2.74. The number of nitrogens with two attached hydrogens (primary N) is 1. The Hall–Kier alpha value is -0.730. The number of amidine groups is 1. The fourth-order valence-electron chi connectivity index (χ4n) is 1.43. The van der Waals surface area contributed by atoms with Crippen molar-refractivity contribution in [1.29, 1.82) is 0 Å². The summed E-state index contributed by atoms with van der Waals surface area (Å²) in [5.41, 5.74) is 5.24. The molecule has 0 bridgehead atoms. The molecule has 0 aliphatic carbocycles. The van der Waals surface area contributed by atoms with E-state index in [1.54, 1.807) is 0 Å². The molecule has 0 aromatic carbocycles. The summed E-state index contributed by atoms with van der Waals surface area (Å²) in [5.74, 6) is 0.150. The molecular formula is C8H17N3O4. The fourth-order valence-corrected chi connectivity index (χ4v) is 1.43. The Kier molecular flexibility index (Phi) is 4.43. The lowest BCUT2D eigenvalue weighted by Gasteiger charge is -2.36. The molecule has 0 radical (unpaired) electrons. The fraction of sp³-hybridized carbons (Fsp3) is 0.875. The number of aliphatic imine (C=N–C) groups is 1. The van der Waals surface area contributed by atoms with Crippen molar-refractivity contribution in [2.24, 2.45) is 10.7 Å². The van der Waals surface area contributed by atoms with Crippen LogP contribution in [-0.4, -0.2) is 70.3 Å². The van der Waals surface area contributed by atoms with Gasteiger partial charge in [-0.1, -0.05) is 0 Å². The lowest BCUT2D eigenvalue weighted by Crippen LogP contribution is -2.64. The van der Waals surface area contributed by atoms with E-state index in [1.165, 1.54) is 0 Å². The summed E-state index contributed by atoms with van der Waals surface area (Å²) >= 11 is 0. The molecule has 0 aromatic heterocycles. The van der Waals surface area contributed by atoms with Crippen molar-refractivity contribution in [3.8, 4) is 0 Å². The molecular weight excluding hydrogens is 202 g/mol. The third-order valence-corrected chi connectivity index (χ3v) is 2.31. The first kappa shape index (κ1) is 12.3. The van der Waals surface area contributed by atoms with Crippen molar-refractivity contribution < 1.29 is 20.4 Å². The lowest BCUT2D eigenvalue weighted by atomic mass is 9.95. The van der Waals surface area contributed by atoms with Gasteiger partial charge in [0, 0.05) is 6.54 Å². The average molecular weight is 219 g/mol. The van der Waals surface area contributed by atoms with Gasteiger partial charge in [0.05, 0.1) is 19.2 Å². The molecule has 0 spiro atoms. The third-order valence-electron chi connectivity index (χ3n) is 2.31. The van der Waals surface area contributed by atoms with E-state index in [1.807, 2.05) is 0 Å². The number of rotatable bonds is 3. The minimum Gasteiger partial charge on any atom is -0.394 e. The summed E-state index contributed by atoms with van der Waals surface area (Å²) in [6.45, 7) is 0.271. The first-order valence-electron chi connectivity index (χ1n) is 4.77. The van der Waals surface area contributed by atoms with Crippen molar-refractivity contribution in [2.75, 3.05) is 19.7 Å². The summed E-state index contributed by atoms with van der Waals surface area (Å²) in [5, 5.41) is 40.0. The van der Waals surface area contributed by atoms with E-state index in [0.717, 1.165) is 0 Å². The maximum absolute atomic E-state index is 9.52. The van der Waals surface area contributed by atoms with Crippen LogP contribution in [0.25, 0.3) is 0 Å². The predicted molar refractivity (Wildman–Crippen MR) is 53.4 cm³/mol. The number of aliphatic hydroxyl groups excluding tert-OH is 4. The van der Waals surface area contributed by atoms with Gasteiger partial charge in [-0.05, 0) is 0 Å². The number of piperidine rings is 1. The zero-order valence-electron chi connectivity index (χ0n) is 8.24. The first-order valence-corrected chi connectivity index (χ1v) is 4.77. The van der Waals surface area contributed by atoms with Crippen LogP contribution < -0.4 is 11.1 Å². The van der Waals surface area contributed by atoms with Crippen molar-refractivity contribution in [1.82, 2.24) is 5.32 Å². The maximum Gasteiger partial charge on any atom is 0.139 e. The van der Waals surface area contributed by atoms with Gasteiger partial charge in [-0.25, -0.2) is 0 Å². The van der Waals surface area contributed by atoms with E-state index in [9.17, 15) is 15.3 Å². The molecule has 7 nitrogen and oxygen atoms in total. The molecule has 7 heteroatoms.